The van der Waals surface area contributed by atoms with Gasteiger partial charge in [-0.2, -0.15) is 0 Å². The van der Waals surface area contributed by atoms with Crippen molar-refractivity contribution in [2.45, 2.75) is 59.0 Å². The number of ketones is 1. The Morgan fingerprint density at radius 3 is 1.73 bits per heavy atom. The van der Waals surface area contributed by atoms with Crippen LogP contribution >= 0.6 is 0 Å². The van der Waals surface area contributed by atoms with Crippen LogP contribution in [-0.2, 0) is 33.4 Å². The van der Waals surface area contributed by atoms with Crippen LogP contribution in [0.4, 0.5) is 0 Å². The SMILES string of the molecule is CC(=O)COC(=O)CCCCCC(=O)OCC(=O)OC(C)C. The zero-order chi connectivity index (χ0) is 17.0. The van der Waals surface area contributed by atoms with E-state index in [1.807, 2.05) is 0 Å². The van der Waals surface area contributed by atoms with E-state index in [1.54, 1.807) is 13.8 Å². The number of ether oxygens (including phenoxy) is 3. The molecular formula is C15H24O7. The van der Waals surface area contributed by atoms with E-state index >= 15 is 0 Å². The minimum absolute atomic E-state index is 0.178. The summed E-state index contributed by atoms with van der Waals surface area (Å²) in [5.41, 5.74) is 0. The van der Waals surface area contributed by atoms with Crippen LogP contribution in [0, 0.1) is 0 Å². The molecule has 0 aliphatic carbocycles. The number of Topliss-reactive ketones (excluding diaryl/α,β-unsaturated/α-hetero) is 1. The van der Waals surface area contributed by atoms with Crippen LogP contribution in [0.3, 0.4) is 0 Å². The summed E-state index contributed by atoms with van der Waals surface area (Å²) in [7, 11) is 0. The highest BCUT2D eigenvalue weighted by atomic mass is 16.6. The van der Waals surface area contributed by atoms with Gasteiger partial charge in [0.15, 0.2) is 12.4 Å². The maximum Gasteiger partial charge on any atom is 0.344 e. The zero-order valence-corrected chi connectivity index (χ0v) is 13.4. The van der Waals surface area contributed by atoms with Crippen molar-refractivity contribution in [1.29, 1.82) is 0 Å². The molecule has 0 spiro atoms. The minimum Gasteiger partial charge on any atom is -0.460 e. The minimum atomic E-state index is -0.573. The van der Waals surface area contributed by atoms with Gasteiger partial charge in [0, 0.05) is 12.8 Å². The summed E-state index contributed by atoms with van der Waals surface area (Å²) in [6.45, 7) is 4.18. The highest BCUT2D eigenvalue weighted by Crippen LogP contribution is 2.05. The first-order valence-corrected chi connectivity index (χ1v) is 7.31. The fourth-order valence-electron chi connectivity index (χ4n) is 1.48. The van der Waals surface area contributed by atoms with Crippen molar-refractivity contribution in [3.8, 4) is 0 Å². The van der Waals surface area contributed by atoms with Gasteiger partial charge in [0.05, 0.1) is 6.10 Å². The molecule has 7 heteroatoms. The van der Waals surface area contributed by atoms with E-state index in [0.717, 1.165) is 0 Å². The van der Waals surface area contributed by atoms with E-state index in [9.17, 15) is 19.2 Å². The summed E-state index contributed by atoms with van der Waals surface area (Å²) in [5.74, 6) is -1.67. The average Bonchev–Trinajstić information content (AvgIpc) is 2.41. The van der Waals surface area contributed by atoms with Gasteiger partial charge in [0.1, 0.15) is 6.61 Å². The van der Waals surface area contributed by atoms with E-state index in [1.165, 1.54) is 6.92 Å². The lowest BCUT2D eigenvalue weighted by molar-refractivity contribution is -0.161. The van der Waals surface area contributed by atoms with Crippen LogP contribution in [0.1, 0.15) is 52.9 Å². The lowest BCUT2D eigenvalue weighted by Crippen LogP contribution is -2.19. The summed E-state index contributed by atoms with van der Waals surface area (Å²) in [6, 6.07) is 0. The predicted octanol–water partition coefficient (Wildman–Crippen LogP) is 1.56. The molecule has 0 radical (unpaired) electrons. The second-order valence-electron chi connectivity index (χ2n) is 5.12. The Morgan fingerprint density at radius 1 is 0.773 bits per heavy atom. The Morgan fingerprint density at radius 2 is 1.27 bits per heavy atom. The van der Waals surface area contributed by atoms with Crippen LogP contribution < -0.4 is 0 Å². The largest absolute Gasteiger partial charge is 0.460 e. The van der Waals surface area contributed by atoms with Crippen LogP contribution in [0.15, 0.2) is 0 Å². The molecule has 0 aromatic carbocycles. The first-order valence-electron chi connectivity index (χ1n) is 7.31. The smallest absolute Gasteiger partial charge is 0.344 e. The van der Waals surface area contributed by atoms with Gasteiger partial charge in [-0.25, -0.2) is 4.79 Å². The van der Waals surface area contributed by atoms with Crippen LogP contribution in [0.25, 0.3) is 0 Å². The van der Waals surface area contributed by atoms with Crippen LogP contribution in [0.2, 0.25) is 0 Å². The van der Waals surface area contributed by atoms with Crippen LogP contribution in [0.5, 0.6) is 0 Å². The van der Waals surface area contributed by atoms with Crippen molar-refractivity contribution in [3.05, 3.63) is 0 Å². The molecule has 0 aliphatic rings. The molecule has 0 aromatic heterocycles. The third-order valence-corrected chi connectivity index (χ3v) is 2.42. The summed E-state index contributed by atoms with van der Waals surface area (Å²) in [4.78, 5) is 44.3. The number of hydrogen-bond donors (Lipinski definition) is 0. The molecule has 0 N–H and O–H groups in total. The lowest BCUT2D eigenvalue weighted by atomic mass is 10.1. The third-order valence-electron chi connectivity index (χ3n) is 2.42. The predicted molar refractivity (Wildman–Crippen MR) is 76.9 cm³/mol. The highest BCUT2D eigenvalue weighted by Gasteiger charge is 2.10. The number of esters is 3. The molecule has 0 fully saturated rings. The molecule has 0 bridgehead atoms. The summed E-state index contributed by atoms with van der Waals surface area (Å²) in [5, 5.41) is 0. The van der Waals surface area contributed by atoms with Gasteiger partial charge < -0.3 is 14.2 Å². The second-order valence-corrected chi connectivity index (χ2v) is 5.12. The molecule has 0 saturated heterocycles. The molecule has 126 valence electrons. The molecule has 0 unspecified atom stereocenters. The number of hydrogen-bond acceptors (Lipinski definition) is 7. The molecule has 0 aliphatic heterocycles. The Kier molecular flexibility index (Phi) is 10.7. The zero-order valence-electron chi connectivity index (χ0n) is 13.4. The molecule has 0 atom stereocenters. The van der Waals surface area contributed by atoms with Crippen molar-refractivity contribution in [1.82, 2.24) is 0 Å². The van der Waals surface area contributed by atoms with Gasteiger partial charge in [0.25, 0.3) is 0 Å². The van der Waals surface area contributed by atoms with Gasteiger partial charge in [-0.15, -0.1) is 0 Å². The van der Waals surface area contributed by atoms with Gasteiger partial charge in [-0.3, -0.25) is 14.4 Å². The van der Waals surface area contributed by atoms with Gasteiger partial charge >= 0.3 is 17.9 Å². The molecule has 0 amide bonds. The van der Waals surface area contributed by atoms with E-state index in [0.29, 0.717) is 19.3 Å². The Hall–Kier alpha value is -1.92. The Balaban J connectivity index is 3.54. The average molecular weight is 316 g/mol. The van der Waals surface area contributed by atoms with Crippen molar-refractivity contribution in [2.75, 3.05) is 13.2 Å². The first kappa shape index (κ1) is 20.1. The van der Waals surface area contributed by atoms with E-state index in [2.05, 4.69) is 0 Å². The lowest BCUT2D eigenvalue weighted by Gasteiger charge is -2.08. The maximum atomic E-state index is 11.3. The van der Waals surface area contributed by atoms with Gasteiger partial charge in [-0.1, -0.05) is 6.42 Å². The summed E-state index contributed by atoms with van der Waals surface area (Å²) in [6.07, 6.45) is 1.92. The number of unbranched alkanes of at least 4 members (excludes halogenated alkanes) is 2. The van der Waals surface area contributed by atoms with Crippen molar-refractivity contribution in [3.63, 3.8) is 0 Å². The monoisotopic (exact) mass is 316 g/mol. The van der Waals surface area contributed by atoms with Crippen LogP contribution in [-0.4, -0.2) is 43.0 Å². The van der Waals surface area contributed by atoms with E-state index in [-0.39, 0.29) is 37.9 Å². The highest BCUT2D eigenvalue weighted by molar-refractivity contribution is 5.80. The molecule has 0 rings (SSSR count). The normalized spacial score (nSPS) is 10.2. The summed E-state index contributed by atoms with van der Waals surface area (Å²) >= 11 is 0. The standard InChI is InChI=1S/C15H24O7/c1-11(2)22-15(19)10-21-14(18)8-6-4-5-7-13(17)20-9-12(3)16/h11H,4-10H2,1-3H3. The number of rotatable bonds is 11. The molecule has 0 heterocycles. The Bertz CT molecular complexity index is 387. The van der Waals surface area contributed by atoms with Gasteiger partial charge in [0.2, 0.25) is 0 Å². The quantitative estimate of drug-likeness (QED) is 0.324. The molecular weight excluding hydrogens is 292 g/mol. The fourth-order valence-corrected chi connectivity index (χ4v) is 1.48. The van der Waals surface area contributed by atoms with Gasteiger partial charge in [-0.05, 0) is 33.6 Å². The second kappa shape index (κ2) is 11.7. The van der Waals surface area contributed by atoms with Crippen molar-refractivity contribution < 1.29 is 33.4 Å². The third kappa shape index (κ3) is 13.1. The van der Waals surface area contributed by atoms with E-state index in [4.69, 9.17) is 14.2 Å². The summed E-state index contributed by atoms with van der Waals surface area (Å²) < 4.78 is 14.3. The first-order chi connectivity index (χ1) is 10.3. The Labute approximate surface area is 130 Å². The van der Waals surface area contributed by atoms with Crippen molar-refractivity contribution >= 4 is 23.7 Å². The topological polar surface area (TPSA) is 96.0 Å². The fraction of sp³-hybridized carbons (Fsp3) is 0.733. The maximum absolute atomic E-state index is 11.3. The molecule has 22 heavy (non-hydrogen) atoms. The number of carbonyl (C=O) groups excluding carboxylic acids is 4. The number of carbonyl (C=O) groups is 4. The molecule has 7 nitrogen and oxygen atoms in total. The molecule has 0 aromatic rings. The van der Waals surface area contributed by atoms with Crippen molar-refractivity contribution in [2.24, 2.45) is 0 Å². The molecule has 0 saturated carbocycles. The van der Waals surface area contributed by atoms with E-state index < -0.39 is 17.9 Å².